The number of nitrogens with zero attached hydrogens (tertiary/aromatic N) is 3. The number of aryl methyl sites for hydroxylation is 1. The summed E-state index contributed by atoms with van der Waals surface area (Å²) >= 11 is 0. The largest absolute Gasteiger partial charge is 0.493 e. The molecule has 1 fully saturated rings. The van der Waals surface area contributed by atoms with Gasteiger partial charge in [0.15, 0.2) is 5.75 Å². The van der Waals surface area contributed by atoms with Crippen LogP contribution in [0.3, 0.4) is 0 Å². The molecule has 2 aromatic carbocycles. The second-order valence-corrected chi connectivity index (χ2v) is 9.24. The van der Waals surface area contributed by atoms with Gasteiger partial charge in [0.2, 0.25) is 11.3 Å². The van der Waals surface area contributed by atoms with Gasteiger partial charge in [0.05, 0.1) is 19.9 Å². The van der Waals surface area contributed by atoms with E-state index in [2.05, 4.69) is 22.2 Å². The number of carbonyl (C=O) groups is 1. The van der Waals surface area contributed by atoms with Crippen LogP contribution < -0.4 is 9.47 Å². The molecule has 1 amide bonds. The van der Waals surface area contributed by atoms with Crippen LogP contribution in [0.1, 0.15) is 54.7 Å². The van der Waals surface area contributed by atoms with Gasteiger partial charge in [-0.3, -0.25) is 9.69 Å². The standard InChI is InChI=1S/C28H37N3O4/c1-5-31(6-2)28(32)22-9-7-8-21(18-22)19-30-16-14-20(15-17-30)10-12-24-23-11-13-25(33-3)27(34-4)26(23)35-29-24/h7-9,11,13,18,20H,5-6,10,12,14-17,19H2,1-4H3. The minimum atomic E-state index is 0.118. The maximum absolute atomic E-state index is 12.7. The highest BCUT2D eigenvalue weighted by Crippen LogP contribution is 2.37. The number of carbonyl (C=O) groups excluding carboxylic acids is 1. The maximum Gasteiger partial charge on any atom is 0.253 e. The molecule has 1 saturated heterocycles. The van der Waals surface area contributed by atoms with Crippen LogP contribution in [0.15, 0.2) is 40.9 Å². The first-order valence-electron chi connectivity index (χ1n) is 12.7. The Labute approximate surface area is 208 Å². The van der Waals surface area contributed by atoms with E-state index in [1.807, 2.05) is 43.0 Å². The first kappa shape index (κ1) is 25.0. The van der Waals surface area contributed by atoms with E-state index in [4.69, 9.17) is 14.0 Å². The molecule has 7 heteroatoms. The summed E-state index contributed by atoms with van der Waals surface area (Å²) in [6.45, 7) is 8.55. The smallest absolute Gasteiger partial charge is 0.253 e. The number of piperidine rings is 1. The van der Waals surface area contributed by atoms with Crippen molar-refractivity contribution in [2.75, 3.05) is 40.4 Å². The van der Waals surface area contributed by atoms with Gasteiger partial charge in [0.1, 0.15) is 0 Å². The third kappa shape index (κ3) is 5.61. The quantitative estimate of drug-likeness (QED) is 0.400. The number of hydrogen-bond acceptors (Lipinski definition) is 6. The van der Waals surface area contributed by atoms with Crippen molar-refractivity contribution in [2.24, 2.45) is 5.92 Å². The van der Waals surface area contributed by atoms with Gasteiger partial charge in [0, 0.05) is 30.6 Å². The lowest BCUT2D eigenvalue weighted by Crippen LogP contribution is -2.33. The van der Waals surface area contributed by atoms with Gasteiger partial charge in [-0.15, -0.1) is 0 Å². The number of methoxy groups -OCH3 is 2. The van der Waals surface area contributed by atoms with Crippen LogP contribution in [-0.4, -0.2) is 61.3 Å². The lowest BCUT2D eigenvalue weighted by molar-refractivity contribution is 0.0772. The molecule has 188 valence electrons. The molecule has 0 N–H and O–H groups in total. The zero-order valence-corrected chi connectivity index (χ0v) is 21.4. The summed E-state index contributed by atoms with van der Waals surface area (Å²) in [5, 5.41) is 5.33. The molecule has 2 heterocycles. The fourth-order valence-electron chi connectivity index (χ4n) is 5.08. The Morgan fingerprint density at radius 2 is 1.89 bits per heavy atom. The second-order valence-electron chi connectivity index (χ2n) is 9.24. The molecular formula is C28H37N3O4. The Bertz CT molecular complexity index is 1130. The Balaban J connectivity index is 1.30. The van der Waals surface area contributed by atoms with E-state index in [-0.39, 0.29) is 5.91 Å². The Morgan fingerprint density at radius 1 is 1.11 bits per heavy atom. The van der Waals surface area contributed by atoms with E-state index < -0.39 is 0 Å². The van der Waals surface area contributed by atoms with Crippen LogP contribution in [0.5, 0.6) is 11.5 Å². The highest BCUT2D eigenvalue weighted by molar-refractivity contribution is 5.94. The molecule has 0 spiro atoms. The Hall–Kier alpha value is -3.06. The first-order valence-corrected chi connectivity index (χ1v) is 12.7. The van der Waals surface area contributed by atoms with Gasteiger partial charge in [-0.05, 0) is 88.4 Å². The number of hydrogen-bond donors (Lipinski definition) is 0. The van der Waals surface area contributed by atoms with E-state index in [1.54, 1.807) is 14.2 Å². The van der Waals surface area contributed by atoms with Gasteiger partial charge < -0.3 is 18.9 Å². The molecule has 7 nitrogen and oxygen atoms in total. The lowest BCUT2D eigenvalue weighted by atomic mass is 9.91. The van der Waals surface area contributed by atoms with E-state index in [1.165, 1.54) is 18.4 Å². The summed E-state index contributed by atoms with van der Waals surface area (Å²) < 4.78 is 16.4. The number of aromatic nitrogens is 1. The molecule has 0 aliphatic carbocycles. The lowest BCUT2D eigenvalue weighted by Gasteiger charge is -2.32. The normalized spacial score (nSPS) is 14.9. The number of ether oxygens (including phenoxy) is 2. The van der Waals surface area contributed by atoms with Crippen LogP contribution in [0.2, 0.25) is 0 Å². The summed E-state index contributed by atoms with van der Waals surface area (Å²) in [6.07, 6.45) is 4.33. The van der Waals surface area contributed by atoms with Crippen molar-refractivity contribution in [3.63, 3.8) is 0 Å². The average Bonchev–Trinajstić information content (AvgIpc) is 3.31. The van der Waals surface area contributed by atoms with Crippen LogP contribution >= 0.6 is 0 Å². The fourth-order valence-corrected chi connectivity index (χ4v) is 5.08. The number of benzene rings is 2. The van der Waals surface area contributed by atoms with Crippen LogP contribution in [-0.2, 0) is 13.0 Å². The van der Waals surface area contributed by atoms with Crippen molar-refractivity contribution >= 4 is 16.9 Å². The zero-order chi connectivity index (χ0) is 24.8. The summed E-state index contributed by atoms with van der Waals surface area (Å²) in [5.74, 6) is 2.04. The third-order valence-electron chi connectivity index (χ3n) is 7.19. The van der Waals surface area contributed by atoms with Crippen molar-refractivity contribution in [2.45, 2.75) is 46.1 Å². The molecule has 0 bridgehead atoms. The predicted octanol–water partition coefficient (Wildman–Crippen LogP) is 5.17. The van der Waals surface area contributed by atoms with Crippen LogP contribution in [0, 0.1) is 5.92 Å². The summed E-state index contributed by atoms with van der Waals surface area (Å²) in [5.41, 5.74) is 3.63. The van der Waals surface area contributed by atoms with Crippen molar-refractivity contribution in [1.82, 2.24) is 15.0 Å². The number of amides is 1. The number of likely N-dealkylation sites (tertiary alicyclic amines) is 1. The van der Waals surface area contributed by atoms with E-state index in [9.17, 15) is 4.79 Å². The minimum absolute atomic E-state index is 0.118. The van der Waals surface area contributed by atoms with Gasteiger partial charge in [0.25, 0.3) is 5.91 Å². The van der Waals surface area contributed by atoms with E-state index in [0.29, 0.717) is 23.0 Å². The second kappa shape index (κ2) is 11.6. The summed E-state index contributed by atoms with van der Waals surface area (Å²) in [4.78, 5) is 17.1. The molecule has 1 aromatic heterocycles. The highest BCUT2D eigenvalue weighted by atomic mass is 16.5. The molecule has 1 aliphatic heterocycles. The van der Waals surface area contributed by atoms with Crippen molar-refractivity contribution in [3.05, 3.63) is 53.2 Å². The topological polar surface area (TPSA) is 68.0 Å². The van der Waals surface area contributed by atoms with Gasteiger partial charge in [-0.25, -0.2) is 0 Å². The van der Waals surface area contributed by atoms with E-state index >= 15 is 0 Å². The van der Waals surface area contributed by atoms with Crippen molar-refractivity contribution in [3.8, 4) is 11.5 Å². The molecule has 4 rings (SSSR count). The minimum Gasteiger partial charge on any atom is -0.493 e. The SMILES string of the molecule is CCN(CC)C(=O)c1cccc(CN2CCC(CCc3noc4c(OC)c(OC)ccc34)CC2)c1. The molecule has 35 heavy (non-hydrogen) atoms. The highest BCUT2D eigenvalue weighted by Gasteiger charge is 2.22. The first-order chi connectivity index (χ1) is 17.1. The Kier molecular flexibility index (Phi) is 8.29. The fraction of sp³-hybridized carbons (Fsp3) is 0.500. The van der Waals surface area contributed by atoms with Crippen LogP contribution in [0.4, 0.5) is 0 Å². The van der Waals surface area contributed by atoms with Gasteiger partial charge >= 0.3 is 0 Å². The molecule has 3 aromatic rings. The molecule has 0 saturated carbocycles. The van der Waals surface area contributed by atoms with E-state index in [0.717, 1.165) is 62.2 Å². The third-order valence-corrected chi connectivity index (χ3v) is 7.19. The monoisotopic (exact) mass is 479 g/mol. The number of fused-ring (bicyclic) bond motifs is 1. The summed E-state index contributed by atoms with van der Waals surface area (Å²) in [6, 6.07) is 12.0. The van der Waals surface area contributed by atoms with Gasteiger partial charge in [-0.1, -0.05) is 17.3 Å². The van der Waals surface area contributed by atoms with Crippen molar-refractivity contribution in [1.29, 1.82) is 0 Å². The van der Waals surface area contributed by atoms with Crippen molar-refractivity contribution < 1.29 is 18.8 Å². The van der Waals surface area contributed by atoms with Crippen LogP contribution in [0.25, 0.3) is 11.0 Å². The zero-order valence-electron chi connectivity index (χ0n) is 21.4. The Morgan fingerprint density at radius 3 is 2.57 bits per heavy atom. The maximum atomic E-state index is 12.7. The predicted molar refractivity (Wildman–Crippen MR) is 137 cm³/mol. The molecule has 0 unspecified atom stereocenters. The molecule has 1 aliphatic rings. The molecular weight excluding hydrogens is 442 g/mol. The molecule has 0 radical (unpaired) electrons. The molecule has 0 atom stereocenters. The van der Waals surface area contributed by atoms with Gasteiger partial charge in [-0.2, -0.15) is 0 Å². The average molecular weight is 480 g/mol. The summed E-state index contributed by atoms with van der Waals surface area (Å²) in [7, 11) is 3.24. The number of rotatable bonds is 10.